The van der Waals surface area contributed by atoms with Crippen LogP contribution in [-0.2, 0) is 4.79 Å². The summed E-state index contributed by atoms with van der Waals surface area (Å²) in [5, 5.41) is 11.6. The molecule has 0 spiro atoms. The number of nitrogens with one attached hydrogen (secondary N) is 1. The molecule has 1 unspecified atom stereocenters. The number of carbonyl (C=O) groups excluding carboxylic acids is 1. The molecule has 96 valence electrons. The van der Waals surface area contributed by atoms with Gasteiger partial charge >= 0.3 is 5.97 Å². The fourth-order valence-electron chi connectivity index (χ4n) is 1.86. The van der Waals surface area contributed by atoms with Crippen LogP contribution in [0.2, 0.25) is 0 Å². The van der Waals surface area contributed by atoms with Crippen LogP contribution in [-0.4, -0.2) is 28.0 Å². The number of hydrogen-bond donors (Lipinski definition) is 2. The molecule has 1 amide bonds. The molecular weight excluding hydrogens is 232 g/mol. The first-order valence-electron chi connectivity index (χ1n) is 6.03. The molecule has 0 aliphatic heterocycles. The number of hydrogen-bond acceptors (Lipinski definition) is 3. The predicted molar refractivity (Wildman–Crippen MR) is 65.2 cm³/mol. The summed E-state index contributed by atoms with van der Waals surface area (Å²) in [7, 11) is 0. The smallest absolute Gasteiger partial charge is 0.326 e. The molecule has 0 radical (unpaired) electrons. The Balaban J connectivity index is 2.04. The summed E-state index contributed by atoms with van der Waals surface area (Å²) >= 11 is 0. The molecule has 5 heteroatoms. The van der Waals surface area contributed by atoms with E-state index in [1.54, 1.807) is 19.1 Å². The molecule has 1 fully saturated rings. The maximum absolute atomic E-state index is 11.9. The van der Waals surface area contributed by atoms with E-state index < -0.39 is 17.9 Å². The predicted octanol–water partition coefficient (Wildman–Crippen LogP) is 1.37. The Kier molecular flexibility index (Phi) is 3.60. The lowest BCUT2D eigenvalue weighted by Crippen LogP contribution is -2.41. The minimum absolute atomic E-state index is 0.291. The zero-order valence-corrected chi connectivity index (χ0v) is 10.2. The highest BCUT2D eigenvalue weighted by Crippen LogP contribution is 2.33. The third-order valence-electron chi connectivity index (χ3n) is 3.09. The molecule has 0 aromatic carbocycles. The number of amides is 1. The third-order valence-corrected chi connectivity index (χ3v) is 3.09. The van der Waals surface area contributed by atoms with Gasteiger partial charge in [-0.25, -0.2) is 4.79 Å². The van der Waals surface area contributed by atoms with Gasteiger partial charge < -0.3 is 10.4 Å². The van der Waals surface area contributed by atoms with E-state index in [-0.39, 0.29) is 0 Å². The Bertz CT molecular complexity index is 469. The fourth-order valence-corrected chi connectivity index (χ4v) is 1.86. The van der Waals surface area contributed by atoms with Crippen molar-refractivity contribution in [3.05, 3.63) is 29.6 Å². The molecule has 1 aliphatic carbocycles. The highest BCUT2D eigenvalue weighted by Gasteiger charge is 2.30. The average molecular weight is 248 g/mol. The second kappa shape index (κ2) is 5.16. The molecule has 2 N–H and O–H groups in total. The molecule has 1 heterocycles. The third kappa shape index (κ3) is 3.06. The van der Waals surface area contributed by atoms with E-state index in [2.05, 4.69) is 10.3 Å². The van der Waals surface area contributed by atoms with Crippen LogP contribution in [0.4, 0.5) is 0 Å². The first-order valence-corrected chi connectivity index (χ1v) is 6.03. The summed E-state index contributed by atoms with van der Waals surface area (Å²) in [6, 6.07) is 2.70. The van der Waals surface area contributed by atoms with E-state index in [9.17, 15) is 9.59 Å². The van der Waals surface area contributed by atoms with Crippen LogP contribution >= 0.6 is 0 Å². The summed E-state index contributed by atoms with van der Waals surface area (Å²) in [5.74, 6) is -0.957. The van der Waals surface area contributed by atoms with E-state index in [4.69, 9.17) is 5.11 Å². The van der Waals surface area contributed by atoms with Gasteiger partial charge in [-0.15, -0.1) is 0 Å². The molecule has 5 nitrogen and oxygen atoms in total. The van der Waals surface area contributed by atoms with Crippen molar-refractivity contribution in [3.63, 3.8) is 0 Å². The number of carbonyl (C=O) groups is 2. The van der Waals surface area contributed by atoms with Crippen LogP contribution in [0.1, 0.15) is 35.3 Å². The highest BCUT2D eigenvalue weighted by molar-refractivity contribution is 5.96. The quantitative estimate of drug-likeness (QED) is 0.824. The van der Waals surface area contributed by atoms with Gasteiger partial charge in [-0.3, -0.25) is 9.78 Å². The second-order valence-electron chi connectivity index (χ2n) is 4.71. The average Bonchev–Trinajstić information content (AvgIpc) is 3.12. The first kappa shape index (κ1) is 12.5. The van der Waals surface area contributed by atoms with E-state index in [0.717, 1.165) is 18.4 Å². The Hall–Kier alpha value is -1.91. The molecule has 2 rings (SSSR count). The van der Waals surface area contributed by atoms with Crippen molar-refractivity contribution in [1.29, 1.82) is 0 Å². The number of carboxylic acids is 1. The minimum atomic E-state index is -0.983. The van der Waals surface area contributed by atoms with Gasteiger partial charge in [0.15, 0.2) is 0 Å². The van der Waals surface area contributed by atoms with E-state index in [1.165, 1.54) is 6.20 Å². The van der Waals surface area contributed by atoms with E-state index in [1.807, 2.05) is 0 Å². The van der Waals surface area contributed by atoms with Gasteiger partial charge in [-0.1, -0.05) is 18.9 Å². The second-order valence-corrected chi connectivity index (χ2v) is 4.71. The van der Waals surface area contributed by atoms with Crippen molar-refractivity contribution < 1.29 is 14.7 Å². The summed E-state index contributed by atoms with van der Waals surface area (Å²) in [5.41, 5.74) is 1.03. The van der Waals surface area contributed by atoms with E-state index >= 15 is 0 Å². The Morgan fingerprint density at radius 3 is 2.83 bits per heavy atom. The molecular formula is C13H16N2O3. The fraction of sp³-hybridized carbons (Fsp3) is 0.462. The molecule has 0 bridgehead atoms. The minimum Gasteiger partial charge on any atom is -0.480 e. The van der Waals surface area contributed by atoms with Crippen molar-refractivity contribution in [3.8, 4) is 0 Å². The Morgan fingerprint density at radius 1 is 1.56 bits per heavy atom. The molecule has 1 aromatic rings. The number of carboxylic acid groups (broad SMARTS) is 1. The molecule has 1 aromatic heterocycles. The highest BCUT2D eigenvalue weighted by atomic mass is 16.4. The van der Waals surface area contributed by atoms with Gasteiger partial charge in [0.1, 0.15) is 11.7 Å². The summed E-state index contributed by atoms with van der Waals surface area (Å²) in [4.78, 5) is 27.0. The zero-order chi connectivity index (χ0) is 13.1. The molecule has 1 saturated carbocycles. The van der Waals surface area contributed by atoms with Gasteiger partial charge in [-0.2, -0.15) is 0 Å². The van der Waals surface area contributed by atoms with Crippen LogP contribution < -0.4 is 5.32 Å². The standard InChI is InChI=1S/C13H16N2O3/c1-8-3-2-6-14-11(8)12(16)15-10(13(17)18)7-9-4-5-9/h2-3,6,9-10H,4-5,7H2,1H3,(H,15,16)(H,17,18). The number of rotatable bonds is 5. The van der Waals surface area contributed by atoms with Gasteiger partial charge in [-0.05, 0) is 30.9 Å². The molecule has 18 heavy (non-hydrogen) atoms. The number of aryl methyl sites for hydroxylation is 1. The van der Waals surface area contributed by atoms with Crippen molar-refractivity contribution >= 4 is 11.9 Å². The normalized spacial score (nSPS) is 16.1. The maximum Gasteiger partial charge on any atom is 0.326 e. The number of nitrogens with zero attached hydrogens (tertiary/aromatic N) is 1. The topological polar surface area (TPSA) is 79.3 Å². The van der Waals surface area contributed by atoms with Crippen LogP contribution in [0, 0.1) is 12.8 Å². The van der Waals surface area contributed by atoms with Crippen molar-refractivity contribution in [2.45, 2.75) is 32.2 Å². The molecule has 1 aliphatic rings. The van der Waals surface area contributed by atoms with E-state index in [0.29, 0.717) is 18.0 Å². The van der Waals surface area contributed by atoms with Gasteiger partial charge in [0.25, 0.3) is 5.91 Å². The SMILES string of the molecule is Cc1cccnc1C(=O)NC(CC1CC1)C(=O)O. The summed E-state index contributed by atoms with van der Waals surface area (Å²) in [6.07, 6.45) is 4.15. The van der Waals surface area contributed by atoms with Crippen LogP contribution in [0.15, 0.2) is 18.3 Å². The Morgan fingerprint density at radius 2 is 2.28 bits per heavy atom. The maximum atomic E-state index is 11.9. The number of pyridine rings is 1. The largest absolute Gasteiger partial charge is 0.480 e. The first-order chi connectivity index (χ1) is 8.58. The zero-order valence-electron chi connectivity index (χ0n) is 10.2. The van der Waals surface area contributed by atoms with Crippen LogP contribution in [0.25, 0.3) is 0 Å². The number of aromatic nitrogens is 1. The van der Waals surface area contributed by atoms with Gasteiger partial charge in [0.2, 0.25) is 0 Å². The lowest BCUT2D eigenvalue weighted by Gasteiger charge is -2.14. The molecule has 0 saturated heterocycles. The van der Waals surface area contributed by atoms with Gasteiger partial charge in [0.05, 0.1) is 0 Å². The lowest BCUT2D eigenvalue weighted by atomic mass is 10.1. The van der Waals surface area contributed by atoms with Crippen molar-refractivity contribution in [2.75, 3.05) is 0 Å². The van der Waals surface area contributed by atoms with Gasteiger partial charge in [0, 0.05) is 6.20 Å². The summed E-state index contributed by atoms with van der Waals surface area (Å²) in [6.45, 7) is 1.78. The molecule has 1 atom stereocenters. The lowest BCUT2D eigenvalue weighted by molar-refractivity contribution is -0.139. The summed E-state index contributed by atoms with van der Waals surface area (Å²) < 4.78 is 0. The van der Waals surface area contributed by atoms with Crippen LogP contribution in [0.5, 0.6) is 0 Å². The monoisotopic (exact) mass is 248 g/mol. The van der Waals surface area contributed by atoms with Crippen molar-refractivity contribution in [1.82, 2.24) is 10.3 Å². The number of aliphatic carboxylic acids is 1. The Labute approximate surface area is 105 Å². The van der Waals surface area contributed by atoms with Crippen molar-refractivity contribution in [2.24, 2.45) is 5.92 Å². The van der Waals surface area contributed by atoms with Crippen LogP contribution in [0.3, 0.4) is 0 Å².